The largest absolute Gasteiger partial charge is 0.410 e. The van der Waals surface area contributed by atoms with Crippen LogP contribution in [-0.2, 0) is 0 Å². The molecule has 10 heteroatoms. The third-order valence-corrected chi connectivity index (χ3v) is 5.02. The molecule has 124 valence electrons. The number of hydrogen-bond donors (Lipinski definition) is 3. The molecule has 1 fully saturated rings. The number of nitrogens with one attached hydrogen (secondary N) is 2. The van der Waals surface area contributed by atoms with Gasteiger partial charge in [0.15, 0.2) is 5.01 Å². The molecule has 0 radical (unpaired) electrons. The first-order chi connectivity index (χ1) is 11.0. The van der Waals surface area contributed by atoms with E-state index >= 15 is 0 Å². The summed E-state index contributed by atoms with van der Waals surface area (Å²) in [5.41, 5.74) is 7.01. The molecular formula is C13H15F2N5OS2. The first-order valence-electron chi connectivity index (χ1n) is 6.84. The molecule has 0 amide bonds. The molecule has 0 aliphatic heterocycles. The Balaban J connectivity index is 1.64. The highest BCUT2D eigenvalue weighted by atomic mass is 32.2. The van der Waals surface area contributed by atoms with Gasteiger partial charge in [-0.2, -0.15) is 0 Å². The van der Waals surface area contributed by atoms with Crippen molar-refractivity contribution in [3.63, 3.8) is 0 Å². The van der Waals surface area contributed by atoms with E-state index in [2.05, 4.69) is 27.2 Å². The third-order valence-electron chi connectivity index (χ3n) is 3.32. The maximum absolute atomic E-state index is 12.5. The first-order valence-corrected chi connectivity index (χ1v) is 8.40. The minimum absolute atomic E-state index is 0.151. The summed E-state index contributed by atoms with van der Waals surface area (Å²) in [6.45, 7) is 2.12. The van der Waals surface area contributed by atoms with Gasteiger partial charge in [-0.15, -0.1) is 10.2 Å². The Hall–Kier alpha value is -1.65. The van der Waals surface area contributed by atoms with Crippen molar-refractivity contribution in [3.05, 3.63) is 23.2 Å². The van der Waals surface area contributed by atoms with Crippen molar-refractivity contribution < 1.29 is 13.0 Å². The average Bonchev–Trinajstić information content (AvgIpc) is 3.05. The van der Waals surface area contributed by atoms with Crippen LogP contribution in [0.5, 0.6) is 5.75 Å². The van der Waals surface area contributed by atoms with Crippen LogP contribution >= 0.6 is 23.6 Å². The van der Waals surface area contributed by atoms with Crippen molar-refractivity contribution in [2.75, 3.05) is 11.1 Å². The minimum Gasteiger partial charge on any atom is -0.410 e. The normalized spacial score (nSPS) is 15.7. The fourth-order valence-electron chi connectivity index (χ4n) is 1.64. The second kappa shape index (κ2) is 6.46. The van der Waals surface area contributed by atoms with E-state index in [-0.39, 0.29) is 15.7 Å². The van der Waals surface area contributed by atoms with Gasteiger partial charge in [0.25, 0.3) is 6.43 Å². The molecule has 0 unspecified atom stereocenters. The van der Waals surface area contributed by atoms with Gasteiger partial charge < -0.3 is 15.2 Å². The Bertz CT molecular complexity index is 693. The van der Waals surface area contributed by atoms with Gasteiger partial charge in [0.2, 0.25) is 5.13 Å². The van der Waals surface area contributed by atoms with Crippen molar-refractivity contribution in [3.8, 4) is 5.75 Å². The number of benzene rings is 1. The van der Waals surface area contributed by atoms with Crippen LogP contribution in [-0.4, -0.2) is 15.7 Å². The van der Waals surface area contributed by atoms with Crippen molar-refractivity contribution in [2.45, 2.75) is 31.7 Å². The van der Waals surface area contributed by atoms with Gasteiger partial charge in [-0.05, 0) is 31.9 Å². The zero-order valence-corrected chi connectivity index (χ0v) is 13.8. The predicted octanol–water partition coefficient (Wildman–Crippen LogP) is 3.89. The highest BCUT2D eigenvalue weighted by Gasteiger charge is 2.37. The highest BCUT2D eigenvalue weighted by Crippen LogP contribution is 2.37. The number of rotatable bonds is 7. The molecule has 4 N–H and O–H groups in total. The molecule has 1 aromatic heterocycles. The Morgan fingerprint density at radius 2 is 2.17 bits per heavy atom. The number of nitrogen functional groups attached to an aromatic ring is 1. The summed E-state index contributed by atoms with van der Waals surface area (Å²) in [4.78, 5) is 0. The fraction of sp³-hybridized carbons (Fsp3) is 0.385. The van der Waals surface area contributed by atoms with Crippen LogP contribution in [0, 0.1) is 0 Å². The van der Waals surface area contributed by atoms with Gasteiger partial charge in [-0.25, -0.2) is 13.5 Å². The second-order valence-corrected chi connectivity index (χ2v) is 7.00. The van der Waals surface area contributed by atoms with Gasteiger partial charge in [-0.3, -0.25) is 0 Å². The molecule has 1 heterocycles. The number of hydrogen-bond acceptors (Lipinski definition) is 8. The van der Waals surface area contributed by atoms with E-state index in [0.717, 1.165) is 36.4 Å². The molecule has 0 spiro atoms. The van der Waals surface area contributed by atoms with E-state index in [1.54, 1.807) is 18.2 Å². The van der Waals surface area contributed by atoms with Gasteiger partial charge in [-0.1, -0.05) is 11.3 Å². The predicted molar refractivity (Wildman–Crippen MR) is 88.0 cm³/mol. The number of anilines is 3. The first kappa shape index (κ1) is 16.2. The molecule has 0 bridgehead atoms. The molecule has 0 atom stereocenters. The van der Waals surface area contributed by atoms with Crippen molar-refractivity contribution in [1.29, 1.82) is 0 Å². The van der Waals surface area contributed by atoms with Crippen molar-refractivity contribution in [2.24, 2.45) is 0 Å². The van der Waals surface area contributed by atoms with Gasteiger partial charge in [0, 0.05) is 11.6 Å². The SMILES string of the molecule is CC1(NSOc2ccc(N)c(Nc3nnc(C(F)F)s3)c2)CC1. The zero-order valence-electron chi connectivity index (χ0n) is 12.2. The number of nitrogens with zero attached hydrogens (tertiary/aromatic N) is 2. The van der Waals surface area contributed by atoms with Crippen LogP contribution in [0.25, 0.3) is 0 Å². The lowest BCUT2D eigenvalue weighted by atomic mass is 10.2. The Labute approximate surface area is 140 Å². The second-order valence-electron chi connectivity index (χ2n) is 5.45. The Kier molecular flexibility index (Phi) is 4.55. The molecule has 2 aromatic rings. The van der Waals surface area contributed by atoms with E-state index in [1.165, 1.54) is 0 Å². The lowest BCUT2D eigenvalue weighted by Crippen LogP contribution is -2.21. The molecule has 1 saturated carbocycles. The molecule has 1 aromatic carbocycles. The summed E-state index contributed by atoms with van der Waals surface area (Å²) >= 11 is 1.94. The van der Waals surface area contributed by atoms with Crippen LogP contribution in [0.2, 0.25) is 0 Å². The number of nitrogens with two attached hydrogens (primary N) is 1. The summed E-state index contributed by atoms with van der Waals surface area (Å²) in [5.74, 6) is 0.585. The van der Waals surface area contributed by atoms with E-state index < -0.39 is 6.43 Å². The molecule has 3 rings (SSSR count). The highest BCUT2D eigenvalue weighted by molar-refractivity contribution is 7.93. The van der Waals surface area contributed by atoms with Crippen molar-refractivity contribution in [1.82, 2.24) is 14.9 Å². The Morgan fingerprint density at radius 1 is 1.39 bits per heavy atom. The maximum Gasteiger partial charge on any atom is 0.291 e. The third kappa shape index (κ3) is 4.21. The van der Waals surface area contributed by atoms with Crippen LogP contribution in [0.1, 0.15) is 31.2 Å². The van der Waals surface area contributed by atoms with Crippen LogP contribution < -0.4 is 20.0 Å². The van der Waals surface area contributed by atoms with Crippen LogP contribution in [0.3, 0.4) is 0 Å². The van der Waals surface area contributed by atoms with E-state index in [9.17, 15) is 8.78 Å². The topological polar surface area (TPSA) is 85.1 Å². The summed E-state index contributed by atoms with van der Waals surface area (Å²) in [7, 11) is 0. The molecule has 1 aliphatic rings. The zero-order chi connectivity index (χ0) is 16.4. The molecular weight excluding hydrogens is 344 g/mol. The lowest BCUT2D eigenvalue weighted by molar-refractivity contribution is 0.150. The quantitative estimate of drug-likeness (QED) is 0.393. The number of aromatic nitrogens is 2. The smallest absolute Gasteiger partial charge is 0.291 e. The minimum atomic E-state index is -2.64. The summed E-state index contributed by atoms with van der Waals surface area (Å²) in [6, 6.07) is 5.09. The Morgan fingerprint density at radius 3 is 2.83 bits per heavy atom. The fourth-order valence-corrected chi connectivity index (χ4v) is 2.90. The summed E-state index contributed by atoms with van der Waals surface area (Å²) in [6.07, 6.45) is -0.385. The lowest BCUT2D eigenvalue weighted by Gasteiger charge is -2.12. The van der Waals surface area contributed by atoms with Gasteiger partial charge in [0.05, 0.1) is 11.4 Å². The summed E-state index contributed by atoms with van der Waals surface area (Å²) in [5, 5.41) is 9.88. The molecule has 1 aliphatic carbocycles. The van der Waals surface area contributed by atoms with E-state index in [0.29, 0.717) is 17.1 Å². The standard InChI is InChI=1S/C13H15F2N5OS2/c1-13(4-5-13)20-23-21-7-2-3-8(16)9(6-7)17-12-19-18-11(22-12)10(14)15/h2-3,6,10,20H,4-5,16H2,1H3,(H,17,19). The van der Waals surface area contributed by atoms with Crippen LogP contribution in [0.15, 0.2) is 18.2 Å². The summed E-state index contributed by atoms with van der Waals surface area (Å²) < 4.78 is 33.8. The van der Waals surface area contributed by atoms with Crippen molar-refractivity contribution >= 4 is 40.1 Å². The molecule has 6 nitrogen and oxygen atoms in total. The number of alkyl halides is 2. The monoisotopic (exact) mass is 359 g/mol. The average molecular weight is 359 g/mol. The number of halogens is 2. The van der Waals surface area contributed by atoms with Gasteiger partial charge in [0.1, 0.15) is 18.0 Å². The molecule has 23 heavy (non-hydrogen) atoms. The van der Waals surface area contributed by atoms with Crippen LogP contribution in [0.4, 0.5) is 25.3 Å². The van der Waals surface area contributed by atoms with E-state index in [1.807, 2.05) is 0 Å². The van der Waals surface area contributed by atoms with Gasteiger partial charge >= 0.3 is 0 Å². The molecule has 0 saturated heterocycles. The van der Waals surface area contributed by atoms with E-state index in [4.69, 9.17) is 9.92 Å². The maximum atomic E-state index is 12.5.